The first-order chi connectivity index (χ1) is 22.3. The fourth-order valence-corrected chi connectivity index (χ4v) is 5.91. The summed E-state index contributed by atoms with van der Waals surface area (Å²) in [7, 11) is 2.03. The Morgan fingerprint density at radius 1 is 0.739 bits per heavy atom. The number of carbonyl (C=O) groups excluding carboxylic acids is 4. The smallest absolute Gasteiger partial charge is 0.258 e. The van der Waals surface area contributed by atoms with Gasteiger partial charge in [-0.25, -0.2) is 0 Å². The van der Waals surface area contributed by atoms with E-state index in [2.05, 4.69) is 10.2 Å². The minimum atomic E-state index is -0.268. The van der Waals surface area contributed by atoms with Crippen LogP contribution in [0, 0.1) is 6.92 Å². The first-order valence-electron chi connectivity index (χ1n) is 15.5. The molecule has 46 heavy (non-hydrogen) atoms. The summed E-state index contributed by atoms with van der Waals surface area (Å²) in [6.07, 6.45) is 0.0883. The van der Waals surface area contributed by atoms with Crippen molar-refractivity contribution in [3.63, 3.8) is 0 Å². The van der Waals surface area contributed by atoms with Crippen LogP contribution in [0.1, 0.15) is 32.7 Å². The molecule has 0 aliphatic carbocycles. The molecule has 4 aromatic carbocycles. The van der Waals surface area contributed by atoms with E-state index in [9.17, 15) is 19.2 Å². The van der Waals surface area contributed by atoms with Crippen molar-refractivity contribution < 1.29 is 19.2 Å². The van der Waals surface area contributed by atoms with Gasteiger partial charge in [0.05, 0.1) is 11.4 Å². The number of nitrogens with one attached hydrogen (secondary N) is 1. The van der Waals surface area contributed by atoms with Gasteiger partial charge in [0.25, 0.3) is 11.8 Å². The Morgan fingerprint density at radius 3 is 2.11 bits per heavy atom. The second-order valence-corrected chi connectivity index (χ2v) is 11.8. The molecule has 9 heteroatoms. The van der Waals surface area contributed by atoms with E-state index in [0.29, 0.717) is 41.3 Å². The monoisotopic (exact) mass is 615 g/mol. The Hall–Kier alpha value is -5.28. The molecule has 2 heterocycles. The lowest BCUT2D eigenvalue weighted by Crippen LogP contribution is -2.50. The Balaban J connectivity index is 1.18. The number of piperazine rings is 1. The van der Waals surface area contributed by atoms with Gasteiger partial charge in [0.15, 0.2) is 0 Å². The maximum absolute atomic E-state index is 13.8. The molecule has 6 rings (SSSR count). The van der Waals surface area contributed by atoms with Crippen LogP contribution in [0.4, 0.5) is 17.1 Å². The van der Waals surface area contributed by atoms with Crippen molar-refractivity contribution in [3.8, 4) is 11.1 Å². The highest BCUT2D eigenvalue weighted by Gasteiger charge is 2.32. The van der Waals surface area contributed by atoms with Gasteiger partial charge in [-0.3, -0.25) is 19.2 Å². The van der Waals surface area contributed by atoms with E-state index in [0.717, 1.165) is 29.8 Å². The predicted octanol–water partition coefficient (Wildman–Crippen LogP) is 5.07. The Morgan fingerprint density at radius 2 is 1.39 bits per heavy atom. The lowest BCUT2D eigenvalue weighted by molar-refractivity contribution is -0.132. The third-order valence-corrected chi connectivity index (χ3v) is 8.63. The number of para-hydroxylation sites is 2. The molecule has 2 aliphatic rings. The number of anilines is 3. The zero-order chi connectivity index (χ0) is 32.2. The second-order valence-electron chi connectivity index (χ2n) is 11.8. The third kappa shape index (κ3) is 6.55. The van der Waals surface area contributed by atoms with Crippen molar-refractivity contribution in [1.29, 1.82) is 0 Å². The van der Waals surface area contributed by atoms with Crippen LogP contribution in [0.3, 0.4) is 0 Å². The number of amides is 4. The van der Waals surface area contributed by atoms with E-state index < -0.39 is 0 Å². The minimum Gasteiger partial charge on any atom is -0.339 e. The molecule has 0 radical (unpaired) electrons. The minimum absolute atomic E-state index is 0.0664. The lowest BCUT2D eigenvalue weighted by Gasteiger charge is -2.34. The first-order valence-corrected chi connectivity index (χ1v) is 15.5. The largest absolute Gasteiger partial charge is 0.339 e. The molecule has 0 bridgehead atoms. The predicted molar refractivity (Wildman–Crippen MR) is 180 cm³/mol. The topological polar surface area (TPSA) is 93.3 Å². The first kappa shape index (κ1) is 30.7. The summed E-state index contributed by atoms with van der Waals surface area (Å²) < 4.78 is 0. The van der Waals surface area contributed by atoms with Crippen molar-refractivity contribution in [3.05, 3.63) is 114 Å². The molecule has 2 aliphatic heterocycles. The number of benzene rings is 4. The van der Waals surface area contributed by atoms with Crippen LogP contribution in [0.2, 0.25) is 0 Å². The zero-order valence-electron chi connectivity index (χ0n) is 26.1. The van der Waals surface area contributed by atoms with Gasteiger partial charge >= 0.3 is 0 Å². The molecule has 0 unspecified atom stereocenters. The molecule has 0 spiro atoms. The van der Waals surface area contributed by atoms with Gasteiger partial charge in [-0.1, -0.05) is 60.2 Å². The van der Waals surface area contributed by atoms with E-state index in [1.807, 2.05) is 68.6 Å². The standard InChI is InChI=1S/C37H37N5O4/c1-26-11-13-27(14-12-26)30-7-3-4-8-31(30)36(45)38-29-17-15-28(16-18-29)37(46)41-20-19-34(43)42(33-10-6-5-9-32(33)41)25-35(44)40-23-21-39(2)22-24-40/h3-18H,19-25H2,1-2H3,(H,38,45). The third-order valence-electron chi connectivity index (χ3n) is 8.63. The molecule has 0 saturated carbocycles. The van der Waals surface area contributed by atoms with Crippen LogP contribution in [0.15, 0.2) is 97.1 Å². The number of nitrogens with zero attached hydrogens (tertiary/aromatic N) is 4. The van der Waals surface area contributed by atoms with E-state index in [1.165, 1.54) is 4.90 Å². The summed E-state index contributed by atoms with van der Waals surface area (Å²) in [5, 5.41) is 2.96. The molecule has 0 atom stereocenters. The highest BCUT2D eigenvalue weighted by atomic mass is 16.2. The van der Waals surface area contributed by atoms with Crippen LogP contribution in [-0.2, 0) is 9.59 Å². The van der Waals surface area contributed by atoms with Gasteiger partial charge in [-0.15, -0.1) is 0 Å². The molecule has 4 amide bonds. The molecule has 4 aromatic rings. The Labute approximate surface area is 269 Å². The molecular formula is C37H37N5O4. The van der Waals surface area contributed by atoms with Crippen LogP contribution in [-0.4, -0.2) is 79.7 Å². The van der Waals surface area contributed by atoms with Gasteiger partial charge in [-0.05, 0) is 67.6 Å². The Kier molecular flexibility index (Phi) is 8.94. The number of carbonyl (C=O) groups is 4. The summed E-state index contributed by atoms with van der Waals surface area (Å²) >= 11 is 0. The van der Waals surface area contributed by atoms with E-state index >= 15 is 0 Å². The van der Waals surface area contributed by atoms with Gasteiger partial charge in [-0.2, -0.15) is 0 Å². The SMILES string of the molecule is Cc1ccc(-c2ccccc2C(=O)Nc2ccc(C(=O)N3CCC(=O)N(CC(=O)N4CCN(C)CC4)c4ccccc43)cc2)cc1. The zero-order valence-corrected chi connectivity index (χ0v) is 26.1. The maximum Gasteiger partial charge on any atom is 0.258 e. The number of aryl methyl sites for hydroxylation is 1. The van der Waals surface area contributed by atoms with Crippen LogP contribution in [0.25, 0.3) is 11.1 Å². The van der Waals surface area contributed by atoms with E-state index in [4.69, 9.17) is 0 Å². The number of hydrogen-bond acceptors (Lipinski definition) is 5. The molecule has 9 nitrogen and oxygen atoms in total. The lowest BCUT2D eigenvalue weighted by atomic mass is 9.98. The van der Waals surface area contributed by atoms with Crippen LogP contribution < -0.4 is 15.1 Å². The van der Waals surface area contributed by atoms with E-state index in [1.54, 1.807) is 52.3 Å². The summed E-state index contributed by atoms with van der Waals surface area (Å²) in [6.45, 7) is 4.97. The Bertz CT molecular complexity index is 1760. The fraction of sp³-hybridized carbons (Fsp3) is 0.243. The second kappa shape index (κ2) is 13.4. The number of likely N-dealkylation sites (N-methyl/N-ethyl adjacent to an activating group) is 1. The molecular weight excluding hydrogens is 578 g/mol. The van der Waals surface area contributed by atoms with Crippen LogP contribution in [0.5, 0.6) is 0 Å². The fourth-order valence-electron chi connectivity index (χ4n) is 5.91. The van der Waals surface area contributed by atoms with Crippen molar-refractivity contribution in [2.45, 2.75) is 13.3 Å². The molecule has 1 N–H and O–H groups in total. The van der Waals surface area contributed by atoms with Crippen molar-refractivity contribution >= 4 is 40.7 Å². The normalized spacial score (nSPS) is 15.3. The molecule has 1 fully saturated rings. The molecule has 1 saturated heterocycles. The van der Waals surface area contributed by atoms with Gasteiger partial charge in [0.2, 0.25) is 11.8 Å². The van der Waals surface area contributed by atoms with Crippen LogP contribution >= 0.6 is 0 Å². The van der Waals surface area contributed by atoms with Gasteiger partial charge < -0.3 is 24.9 Å². The number of fused-ring (bicyclic) bond motifs is 1. The molecule has 0 aromatic heterocycles. The quantitative estimate of drug-likeness (QED) is 0.327. The summed E-state index contributed by atoms with van der Waals surface area (Å²) in [4.78, 5) is 60.7. The summed E-state index contributed by atoms with van der Waals surface area (Å²) in [5.41, 5.74) is 5.57. The summed E-state index contributed by atoms with van der Waals surface area (Å²) in [6, 6.07) is 29.5. The maximum atomic E-state index is 13.8. The van der Waals surface area contributed by atoms with Gasteiger partial charge in [0, 0.05) is 56.0 Å². The van der Waals surface area contributed by atoms with E-state index in [-0.39, 0.29) is 43.1 Å². The van der Waals surface area contributed by atoms with Crippen molar-refractivity contribution in [1.82, 2.24) is 9.80 Å². The average Bonchev–Trinajstić information content (AvgIpc) is 3.21. The summed E-state index contributed by atoms with van der Waals surface area (Å²) in [5.74, 6) is -0.819. The number of rotatable bonds is 6. The average molecular weight is 616 g/mol. The van der Waals surface area contributed by atoms with Gasteiger partial charge in [0.1, 0.15) is 6.54 Å². The van der Waals surface area contributed by atoms with Crippen molar-refractivity contribution in [2.75, 3.05) is 61.4 Å². The highest BCUT2D eigenvalue weighted by Crippen LogP contribution is 2.34. The number of hydrogen-bond donors (Lipinski definition) is 1. The molecule has 234 valence electrons. The highest BCUT2D eigenvalue weighted by molar-refractivity contribution is 6.12. The van der Waals surface area contributed by atoms with Crippen molar-refractivity contribution in [2.24, 2.45) is 0 Å².